The molecule has 0 aromatic carbocycles. The smallest absolute Gasteiger partial charge is 0.0464 e. The lowest BCUT2D eigenvalue weighted by Crippen LogP contribution is -2.56. The molecule has 3 nitrogen and oxygen atoms in total. The molecule has 1 aromatic rings. The van der Waals surface area contributed by atoms with Crippen LogP contribution in [0.15, 0.2) is 42.3 Å². The summed E-state index contributed by atoms with van der Waals surface area (Å²) in [6.07, 6.45) is 17.6. The maximum Gasteiger partial charge on any atom is 0.0464 e. The fraction of sp³-hybridized carbons (Fsp3) is 0.758. The van der Waals surface area contributed by atoms with Crippen LogP contribution in [0.1, 0.15) is 84.6 Å². The second-order valence-electron chi connectivity index (χ2n) is 14.7. The molecule has 0 bridgehead atoms. The molecule has 0 saturated heterocycles. The first-order chi connectivity index (χ1) is 17.1. The highest BCUT2D eigenvalue weighted by atomic mass is 16.3. The number of fused-ring (bicyclic) bond motifs is 4. The standard InChI is InChI=1S/C33H49NO2/c1-21-13-27-31(5,29-28(21)30(29,3)4)22(2)33(10-6-7-26(33)19-36)20-32(27)11-8-23(16-32)14-25(18-35)15-24-9-12-34-17-24/h9,12-13,17,22-23,25-26,28-29,34-36H,1,6-8,10-11,14-16,18-20H2,2-5H3. The van der Waals surface area contributed by atoms with E-state index in [0.29, 0.717) is 47.5 Å². The van der Waals surface area contributed by atoms with Gasteiger partial charge >= 0.3 is 0 Å². The lowest BCUT2D eigenvalue weighted by molar-refractivity contribution is -0.0839. The first-order valence-corrected chi connectivity index (χ1v) is 14.9. The molecule has 4 fully saturated rings. The molecular formula is C33H49NO2. The molecule has 3 heteroatoms. The SMILES string of the molecule is C=C1C=C2C3(CCC(CC(CO)Cc4cc[nH]c4)C3)CC3(CCCC3CO)C(C)C2(C)C2C1C2(C)C. The van der Waals surface area contributed by atoms with Gasteiger partial charge in [-0.3, -0.25) is 0 Å². The Kier molecular flexibility index (Phi) is 5.79. The summed E-state index contributed by atoms with van der Waals surface area (Å²) in [5.74, 6) is 3.35. The number of aliphatic hydroxyl groups is 2. The molecule has 4 saturated carbocycles. The number of aromatic amines is 1. The Balaban J connectivity index is 1.36. The van der Waals surface area contributed by atoms with Crippen LogP contribution in [0.2, 0.25) is 0 Å². The average Bonchev–Trinajstić information content (AvgIpc) is 3.34. The molecule has 6 rings (SSSR count). The van der Waals surface area contributed by atoms with Crippen LogP contribution in [-0.4, -0.2) is 28.4 Å². The normalized spacial score (nSPS) is 45.6. The number of hydrogen-bond acceptors (Lipinski definition) is 2. The zero-order valence-corrected chi connectivity index (χ0v) is 23.2. The number of hydrogen-bond donors (Lipinski definition) is 3. The van der Waals surface area contributed by atoms with Gasteiger partial charge in [-0.05, 0) is 120 Å². The van der Waals surface area contributed by atoms with Gasteiger partial charge in [-0.25, -0.2) is 0 Å². The number of rotatable bonds is 6. The van der Waals surface area contributed by atoms with E-state index in [1.165, 1.54) is 56.1 Å². The molecule has 1 heterocycles. The quantitative estimate of drug-likeness (QED) is 0.404. The van der Waals surface area contributed by atoms with E-state index in [2.05, 4.69) is 57.6 Å². The third kappa shape index (κ3) is 3.30. The summed E-state index contributed by atoms with van der Waals surface area (Å²) in [6, 6.07) is 2.15. The predicted octanol–water partition coefficient (Wildman–Crippen LogP) is 6.94. The number of nitrogens with one attached hydrogen (secondary N) is 1. The molecule has 0 amide bonds. The summed E-state index contributed by atoms with van der Waals surface area (Å²) >= 11 is 0. The van der Waals surface area contributed by atoms with Crippen LogP contribution in [0.5, 0.6) is 0 Å². The fourth-order valence-corrected chi connectivity index (χ4v) is 11.4. The molecule has 5 aliphatic carbocycles. The highest BCUT2D eigenvalue weighted by Gasteiger charge is 2.75. The Hall–Kier alpha value is -1.32. The van der Waals surface area contributed by atoms with Crippen molar-refractivity contribution in [1.29, 1.82) is 0 Å². The molecule has 198 valence electrons. The van der Waals surface area contributed by atoms with E-state index in [1.54, 1.807) is 5.57 Å². The first-order valence-electron chi connectivity index (χ1n) is 14.9. The number of H-pyrrole nitrogens is 1. The molecule has 3 N–H and O–H groups in total. The first kappa shape index (κ1) is 25.0. The Morgan fingerprint density at radius 1 is 1.17 bits per heavy atom. The number of allylic oxidation sites excluding steroid dienone is 3. The third-order valence-corrected chi connectivity index (χ3v) is 12.8. The van der Waals surface area contributed by atoms with Gasteiger partial charge in [-0.15, -0.1) is 0 Å². The van der Waals surface area contributed by atoms with Crippen molar-refractivity contribution in [3.8, 4) is 0 Å². The number of aliphatic hydroxyl groups excluding tert-OH is 2. The van der Waals surface area contributed by atoms with Gasteiger partial charge in [-0.2, -0.15) is 0 Å². The van der Waals surface area contributed by atoms with E-state index in [0.717, 1.165) is 12.8 Å². The second-order valence-corrected chi connectivity index (χ2v) is 14.7. The van der Waals surface area contributed by atoms with Crippen LogP contribution in [0.25, 0.3) is 0 Å². The van der Waals surface area contributed by atoms with Crippen molar-refractivity contribution < 1.29 is 10.2 Å². The monoisotopic (exact) mass is 491 g/mol. The van der Waals surface area contributed by atoms with E-state index in [4.69, 9.17) is 0 Å². The molecule has 5 aliphatic rings. The summed E-state index contributed by atoms with van der Waals surface area (Å²) in [5.41, 5.74) is 5.45. The van der Waals surface area contributed by atoms with E-state index in [1.807, 2.05) is 6.20 Å². The molecule has 2 spiro atoms. The summed E-state index contributed by atoms with van der Waals surface area (Å²) in [7, 11) is 0. The van der Waals surface area contributed by atoms with Crippen molar-refractivity contribution in [2.45, 2.75) is 85.5 Å². The summed E-state index contributed by atoms with van der Waals surface area (Å²) in [6.45, 7) is 15.4. The molecule has 36 heavy (non-hydrogen) atoms. The molecule has 1 aromatic heterocycles. The van der Waals surface area contributed by atoms with Gasteiger partial charge in [0.1, 0.15) is 0 Å². The summed E-state index contributed by atoms with van der Waals surface area (Å²) in [5, 5.41) is 20.9. The van der Waals surface area contributed by atoms with Gasteiger partial charge < -0.3 is 15.2 Å². The minimum Gasteiger partial charge on any atom is -0.396 e. The zero-order valence-electron chi connectivity index (χ0n) is 23.2. The van der Waals surface area contributed by atoms with Gasteiger partial charge in [0, 0.05) is 25.6 Å². The summed E-state index contributed by atoms with van der Waals surface area (Å²) in [4.78, 5) is 3.18. The summed E-state index contributed by atoms with van der Waals surface area (Å²) < 4.78 is 0. The fourth-order valence-electron chi connectivity index (χ4n) is 11.4. The highest BCUT2D eigenvalue weighted by Crippen LogP contribution is 2.82. The second kappa shape index (κ2) is 8.34. The Morgan fingerprint density at radius 2 is 1.97 bits per heavy atom. The zero-order chi connectivity index (χ0) is 25.5. The van der Waals surface area contributed by atoms with Crippen molar-refractivity contribution in [2.24, 2.45) is 57.2 Å². The van der Waals surface area contributed by atoms with Crippen molar-refractivity contribution >= 4 is 0 Å². The minimum atomic E-state index is 0.196. The molecule has 0 aliphatic heterocycles. The third-order valence-electron chi connectivity index (χ3n) is 12.8. The van der Waals surface area contributed by atoms with Gasteiger partial charge in [0.2, 0.25) is 0 Å². The van der Waals surface area contributed by atoms with Crippen molar-refractivity contribution in [3.05, 3.63) is 47.8 Å². The predicted molar refractivity (Wildman–Crippen MR) is 146 cm³/mol. The van der Waals surface area contributed by atoms with Crippen molar-refractivity contribution in [3.63, 3.8) is 0 Å². The van der Waals surface area contributed by atoms with Gasteiger partial charge in [0.25, 0.3) is 0 Å². The molecular weight excluding hydrogens is 442 g/mol. The van der Waals surface area contributed by atoms with Gasteiger partial charge in [-0.1, -0.05) is 57.9 Å². The van der Waals surface area contributed by atoms with E-state index < -0.39 is 0 Å². The lowest BCUT2D eigenvalue weighted by atomic mass is 9.41. The maximum atomic E-state index is 10.6. The molecule has 0 radical (unpaired) electrons. The van der Waals surface area contributed by atoms with Crippen LogP contribution in [0, 0.1) is 57.2 Å². The average molecular weight is 492 g/mol. The van der Waals surface area contributed by atoms with Crippen LogP contribution < -0.4 is 0 Å². The largest absolute Gasteiger partial charge is 0.396 e. The lowest BCUT2D eigenvalue weighted by Gasteiger charge is -2.63. The van der Waals surface area contributed by atoms with Crippen LogP contribution in [0.4, 0.5) is 0 Å². The van der Waals surface area contributed by atoms with Crippen molar-refractivity contribution in [1.82, 2.24) is 4.98 Å². The van der Waals surface area contributed by atoms with Crippen LogP contribution in [-0.2, 0) is 6.42 Å². The van der Waals surface area contributed by atoms with Gasteiger partial charge in [0.15, 0.2) is 0 Å². The van der Waals surface area contributed by atoms with E-state index >= 15 is 0 Å². The van der Waals surface area contributed by atoms with E-state index in [9.17, 15) is 10.2 Å². The molecule has 9 unspecified atom stereocenters. The Morgan fingerprint density at radius 3 is 2.67 bits per heavy atom. The maximum absolute atomic E-state index is 10.6. The minimum absolute atomic E-state index is 0.196. The molecule has 9 atom stereocenters. The Bertz CT molecular complexity index is 1040. The Labute approximate surface area is 218 Å². The van der Waals surface area contributed by atoms with Gasteiger partial charge in [0.05, 0.1) is 0 Å². The van der Waals surface area contributed by atoms with Crippen LogP contribution >= 0.6 is 0 Å². The van der Waals surface area contributed by atoms with Crippen molar-refractivity contribution in [2.75, 3.05) is 13.2 Å². The number of aromatic nitrogens is 1. The topological polar surface area (TPSA) is 56.2 Å². The van der Waals surface area contributed by atoms with E-state index in [-0.39, 0.29) is 22.9 Å². The highest BCUT2D eigenvalue weighted by molar-refractivity contribution is 5.48. The van der Waals surface area contributed by atoms with Crippen LogP contribution in [0.3, 0.4) is 0 Å².